The zero-order chi connectivity index (χ0) is 18.0. The fourth-order valence-corrected chi connectivity index (χ4v) is 4.84. The lowest BCUT2D eigenvalue weighted by Gasteiger charge is -2.33. The molecule has 1 aromatic heterocycles. The minimum Gasteiger partial charge on any atom is -0.295 e. The summed E-state index contributed by atoms with van der Waals surface area (Å²) < 4.78 is 31.6. The van der Waals surface area contributed by atoms with Gasteiger partial charge in [-0.2, -0.15) is 4.31 Å². The van der Waals surface area contributed by atoms with Crippen molar-refractivity contribution in [3.8, 4) is 0 Å². The Bertz CT molecular complexity index is 813. The van der Waals surface area contributed by atoms with Crippen molar-refractivity contribution in [1.82, 2.24) is 18.8 Å². The molecule has 3 rings (SSSR count). The number of sulfonamides is 1. The highest BCUT2D eigenvalue weighted by Gasteiger charge is 2.29. The zero-order valence-electron chi connectivity index (χ0n) is 14.2. The summed E-state index contributed by atoms with van der Waals surface area (Å²) >= 11 is 7.21. The van der Waals surface area contributed by atoms with Crippen LogP contribution in [0, 0.1) is 0 Å². The van der Waals surface area contributed by atoms with E-state index in [1.807, 2.05) is 12.1 Å². The lowest BCUT2D eigenvalue weighted by Crippen LogP contribution is -2.48. The summed E-state index contributed by atoms with van der Waals surface area (Å²) in [6.45, 7) is 7.01. The number of aromatic nitrogens is 2. The highest BCUT2D eigenvalue weighted by atomic mass is 35.5. The van der Waals surface area contributed by atoms with Gasteiger partial charge in [-0.05, 0) is 23.6 Å². The molecule has 2 aromatic rings. The van der Waals surface area contributed by atoms with Gasteiger partial charge in [0, 0.05) is 44.3 Å². The number of halogens is 1. The van der Waals surface area contributed by atoms with Crippen LogP contribution in [0.25, 0.3) is 0 Å². The summed E-state index contributed by atoms with van der Waals surface area (Å²) in [5, 5.41) is 4.01. The van der Waals surface area contributed by atoms with Crippen molar-refractivity contribution in [1.29, 1.82) is 0 Å². The third kappa shape index (κ3) is 4.20. The number of hydrogen-bond acceptors (Lipinski definition) is 6. The lowest BCUT2D eigenvalue weighted by atomic mass is 10.0. The van der Waals surface area contributed by atoms with Gasteiger partial charge in [0.2, 0.25) is 10.0 Å². The highest BCUT2D eigenvalue weighted by molar-refractivity contribution is 7.89. The summed E-state index contributed by atoms with van der Waals surface area (Å²) in [5.74, 6) is 0.382. The molecule has 0 spiro atoms. The third-order valence-corrected chi connectivity index (χ3v) is 7.30. The molecule has 0 saturated carbocycles. The first-order chi connectivity index (χ1) is 11.9. The molecule has 0 amide bonds. The molecule has 1 aliphatic heterocycles. The molecule has 1 saturated heterocycles. The second-order valence-corrected chi connectivity index (χ2v) is 9.69. The Balaban J connectivity index is 1.64. The Morgan fingerprint density at radius 2 is 1.80 bits per heavy atom. The molecule has 0 atom stereocenters. The second-order valence-electron chi connectivity index (χ2n) is 6.40. The van der Waals surface area contributed by atoms with Crippen molar-refractivity contribution in [3.05, 3.63) is 39.9 Å². The quantitative estimate of drug-likeness (QED) is 0.772. The molecule has 0 unspecified atom stereocenters. The number of rotatable bonds is 5. The monoisotopic (exact) mass is 400 g/mol. The van der Waals surface area contributed by atoms with E-state index in [1.165, 1.54) is 11.5 Å². The largest absolute Gasteiger partial charge is 0.295 e. The second kappa shape index (κ2) is 7.67. The van der Waals surface area contributed by atoms with Gasteiger partial charge in [0.05, 0.1) is 4.90 Å². The molecule has 0 aliphatic carbocycles. The van der Waals surface area contributed by atoms with E-state index in [9.17, 15) is 8.42 Å². The van der Waals surface area contributed by atoms with Crippen molar-refractivity contribution < 1.29 is 8.42 Å². The number of benzene rings is 1. The van der Waals surface area contributed by atoms with E-state index in [0.29, 0.717) is 47.9 Å². The van der Waals surface area contributed by atoms with Gasteiger partial charge in [-0.3, -0.25) is 4.90 Å². The van der Waals surface area contributed by atoms with Gasteiger partial charge < -0.3 is 0 Å². The van der Waals surface area contributed by atoms with Crippen LogP contribution in [0.2, 0.25) is 4.34 Å². The van der Waals surface area contributed by atoms with Crippen LogP contribution in [-0.2, 0) is 16.6 Å². The Hall–Kier alpha value is -1.06. The molecule has 25 heavy (non-hydrogen) atoms. The first-order valence-corrected chi connectivity index (χ1v) is 10.8. The van der Waals surface area contributed by atoms with Crippen molar-refractivity contribution in [2.75, 3.05) is 26.2 Å². The normalized spacial score (nSPS) is 17.3. The van der Waals surface area contributed by atoms with Gasteiger partial charge in [-0.25, -0.2) is 8.42 Å². The Labute approximate surface area is 157 Å². The van der Waals surface area contributed by atoms with E-state index in [4.69, 9.17) is 11.6 Å². The van der Waals surface area contributed by atoms with Gasteiger partial charge in [-0.1, -0.05) is 42.1 Å². The summed E-state index contributed by atoms with van der Waals surface area (Å²) in [7, 11) is -3.44. The molecular formula is C16H21ClN4O2S2. The SMILES string of the molecule is CC(C)c1ccc(S(=O)(=O)N2CCN(Cc3nnsc3Cl)CC2)cc1. The average Bonchev–Trinajstić information content (AvgIpc) is 3.00. The highest BCUT2D eigenvalue weighted by Crippen LogP contribution is 2.23. The van der Waals surface area contributed by atoms with Crippen molar-refractivity contribution >= 4 is 33.2 Å². The molecule has 0 bridgehead atoms. The van der Waals surface area contributed by atoms with Crippen LogP contribution in [0.1, 0.15) is 31.0 Å². The fourth-order valence-electron chi connectivity index (χ4n) is 2.80. The minimum atomic E-state index is -3.44. The minimum absolute atomic E-state index is 0.358. The molecule has 1 aromatic carbocycles. The standard InChI is InChI=1S/C16H21ClN4O2S2/c1-12(2)13-3-5-14(6-4-13)25(22,23)21-9-7-20(8-10-21)11-15-16(17)24-19-18-15/h3-6,12H,7-11H2,1-2H3. The maximum Gasteiger partial charge on any atom is 0.243 e. The number of nitrogens with zero attached hydrogens (tertiary/aromatic N) is 4. The van der Waals surface area contributed by atoms with Gasteiger partial charge >= 0.3 is 0 Å². The first-order valence-electron chi connectivity index (χ1n) is 8.17. The summed E-state index contributed by atoms with van der Waals surface area (Å²) in [4.78, 5) is 2.51. The van der Waals surface area contributed by atoms with Crippen LogP contribution in [-0.4, -0.2) is 53.4 Å². The van der Waals surface area contributed by atoms with Gasteiger partial charge in [0.15, 0.2) is 0 Å². The smallest absolute Gasteiger partial charge is 0.243 e. The third-order valence-electron chi connectivity index (χ3n) is 4.40. The Morgan fingerprint density at radius 1 is 1.16 bits per heavy atom. The lowest BCUT2D eigenvalue weighted by molar-refractivity contribution is 0.180. The predicted octanol–water partition coefficient (Wildman–Crippen LogP) is 2.82. The fraction of sp³-hybridized carbons (Fsp3) is 0.500. The van der Waals surface area contributed by atoms with Crippen LogP contribution >= 0.6 is 23.1 Å². The molecule has 1 aliphatic rings. The Morgan fingerprint density at radius 3 is 2.32 bits per heavy atom. The summed E-state index contributed by atoms with van der Waals surface area (Å²) in [6, 6.07) is 7.20. The van der Waals surface area contributed by atoms with Crippen LogP contribution in [0.4, 0.5) is 0 Å². The predicted molar refractivity (Wildman–Crippen MR) is 99.5 cm³/mol. The van der Waals surface area contributed by atoms with Gasteiger partial charge in [-0.15, -0.1) is 5.10 Å². The van der Waals surface area contributed by atoms with E-state index >= 15 is 0 Å². The molecule has 2 heterocycles. The molecule has 6 nitrogen and oxygen atoms in total. The van der Waals surface area contributed by atoms with Crippen molar-refractivity contribution in [2.45, 2.75) is 31.2 Å². The van der Waals surface area contributed by atoms with Crippen molar-refractivity contribution in [2.24, 2.45) is 0 Å². The van der Waals surface area contributed by atoms with E-state index in [1.54, 1.807) is 16.4 Å². The van der Waals surface area contributed by atoms with Crippen LogP contribution < -0.4 is 0 Å². The van der Waals surface area contributed by atoms with E-state index in [2.05, 4.69) is 28.3 Å². The molecule has 0 radical (unpaired) electrons. The first kappa shape index (κ1) is 18.7. The van der Waals surface area contributed by atoms with Crippen LogP contribution in [0.15, 0.2) is 29.2 Å². The van der Waals surface area contributed by atoms with Crippen molar-refractivity contribution in [3.63, 3.8) is 0 Å². The Kier molecular flexibility index (Phi) is 5.75. The van der Waals surface area contributed by atoms with Gasteiger partial charge in [0.1, 0.15) is 10.0 Å². The maximum absolute atomic E-state index is 12.8. The summed E-state index contributed by atoms with van der Waals surface area (Å²) in [5.41, 5.74) is 1.89. The molecular weight excluding hydrogens is 380 g/mol. The maximum atomic E-state index is 12.8. The molecule has 0 N–H and O–H groups in total. The number of hydrogen-bond donors (Lipinski definition) is 0. The van der Waals surface area contributed by atoms with Gasteiger partial charge in [0.25, 0.3) is 0 Å². The van der Waals surface area contributed by atoms with E-state index in [0.717, 1.165) is 11.3 Å². The molecule has 1 fully saturated rings. The molecule has 136 valence electrons. The van der Waals surface area contributed by atoms with Crippen LogP contribution in [0.5, 0.6) is 0 Å². The van der Waals surface area contributed by atoms with E-state index in [-0.39, 0.29) is 0 Å². The molecule has 9 heteroatoms. The average molecular weight is 401 g/mol. The van der Waals surface area contributed by atoms with Crippen LogP contribution in [0.3, 0.4) is 0 Å². The zero-order valence-corrected chi connectivity index (χ0v) is 16.6. The summed E-state index contributed by atoms with van der Waals surface area (Å²) in [6.07, 6.45) is 0. The number of piperazine rings is 1. The topological polar surface area (TPSA) is 66.4 Å². The van der Waals surface area contributed by atoms with E-state index < -0.39 is 10.0 Å².